The molecule has 4 aromatic rings. The lowest BCUT2D eigenvalue weighted by molar-refractivity contribution is 0.182. The first kappa shape index (κ1) is 19.6. The van der Waals surface area contributed by atoms with Gasteiger partial charge in [-0.1, -0.05) is 125 Å². The Kier molecular flexibility index (Phi) is 4.09. The van der Waals surface area contributed by atoms with E-state index in [1.165, 1.54) is 44.5 Å². The fourth-order valence-electron chi connectivity index (χ4n) is 7.54. The number of benzene rings is 4. The van der Waals surface area contributed by atoms with Gasteiger partial charge in [0, 0.05) is 10.8 Å². The van der Waals surface area contributed by atoms with Gasteiger partial charge in [-0.15, -0.1) is 0 Å². The summed E-state index contributed by atoms with van der Waals surface area (Å²) in [7, 11) is 0. The van der Waals surface area contributed by atoms with Gasteiger partial charge in [0.05, 0.1) is 0 Å². The summed E-state index contributed by atoms with van der Waals surface area (Å²) in [6, 6.07) is 36.7. The van der Waals surface area contributed by atoms with E-state index in [9.17, 15) is 0 Å². The number of rotatable bonds is 3. The summed E-state index contributed by atoms with van der Waals surface area (Å²) in [5.41, 5.74) is 11.2. The van der Waals surface area contributed by atoms with Crippen LogP contribution < -0.4 is 0 Å². The molecule has 0 atom stereocenters. The van der Waals surface area contributed by atoms with E-state index in [1.807, 2.05) is 0 Å². The Morgan fingerprint density at radius 3 is 0.812 bits per heavy atom. The normalized spacial score (nSPS) is 16.6. The Morgan fingerprint density at radius 2 is 0.594 bits per heavy atom. The Bertz CT molecular complexity index is 1140. The van der Waals surface area contributed by atoms with Crippen LogP contribution in [-0.4, -0.2) is 0 Å². The molecule has 0 N–H and O–H groups in total. The van der Waals surface area contributed by atoms with Crippen molar-refractivity contribution >= 4 is 0 Å². The lowest BCUT2D eigenvalue weighted by Crippen LogP contribution is -2.55. The molecule has 2 aliphatic carbocycles. The second-order valence-corrected chi connectivity index (χ2v) is 10.1. The fourth-order valence-corrected chi connectivity index (χ4v) is 7.54. The molecule has 6 rings (SSSR count). The van der Waals surface area contributed by atoms with E-state index >= 15 is 0 Å². The summed E-state index contributed by atoms with van der Waals surface area (Å²) in [5.74, 6) is 0.822. The molecule has 32 heavy (non-hydrogen) atoms. The van der Waals surface area contributed by atoms with Gasteiger partial charge in [0.25, 0.3) is 0 Å². The van der Waals surface area contributed by atoms with Gasteiger partial charge < -0.3 is 0 Å². The van der Waals surface area contributed by atoms with Crippen molar-refractivity contribution in [1.29, 1.82) is 0 Å². The van der Waals surface area contributed by atoms with Gasteiger partial charge in [0.1, 0.15) is 0 Å². The first-order chi connectivity index (χ1) is 15.6. The van der Waals surface area contributed by atoms with Gasteiger partial charge in [-0.25, -0.2) is 0 Å². The summed E-state index contributed by atoms with van der Waals surface area (Å²) < 4.78 is 0. The molecule has 0 fully saturated rings. The average Bonchev–Trinajstić information content (AvgIpc) is 3.29. The molecule has 0 nitrogen and oxygen atoms in total. The highest BCUT2D eigenvalue weighted by atomic mass is 14.7. The lowest BCUT2D eigenvalue weighted by Gasteiger charge is -2.55. The molecule has 0 radical (unpaired) electrons. The van der Waals surface area contributed by atoms with Crippen molar-refractivity contribution in [1.82, 2.24) is 0 Å². The number of hydrogen-bond donors (Lipinski definition) is 0. The van der Waals surface area contributed by atoms with Crippen LogP contribution in [0, 0.1) is 11.8 Å². The highest BCUT2D eigenvalue weighted by Crippen LogP contribution is 2.69. The molecule has 0 unspecified atom stereocenters. The Balaban J connectivity index is 1.88. The van der Waals surface area contributed by atoms with E-state index in [-0.39, 0.29) is 10.8 Å². The van der Waals surface area contributed by atoms with Crippen LogP contribution in [0.25, 0.3) is 22.3 Å². The fraction of sp³-hybridized carbons (Fsp3) is 0.250. The SMILES string of the molecule is CC(C)C1(C2(C(C)C)c3ccccc3-c3ccccc32)c2ccccc2-c2ccccc21. The summed E-state index contributed by atoms with van der Waals surface area (Å²) in [5, 5.41) is 0. The molecule has 158 valence electrons. The van der Waals surface area contributed by atoms with E-state index < -0.39 is 0 Å². The average molecular weight is 415 g/mol. The minimum atomic E-state index is -0.156. The molecule has 0 saturated heterocycles. The molecular weight excluding hydrogens is 384 g/mol. The molecule has 0 heteroatoms. The second kappa shape index (κ2) is 6.69. The van der Waals surface area contributed by atoms with Gasteiger partial charge in [-0.3, -0.25) is 0 Å². The molecule has 2 aliphatic rings. The predicted molar refractivity (Wildman–Crippen MR) is 135 cm³/mol. The Hall–Kier alpha value is -3.12. The van der Waals surface area contributed by atoms with Crippen molar-refractivity contribution in [3.63, 3.8) is 0 Å². The maximum Gasteiger partial charge on any atom is 0.0378 e. The molecule has 0 heterocycles. The molecule has 0 bridgehead atoms. The zero-order valence-electron chi connectivity index (χ0n) is 19.4. The summed E-state index contributed by atoms with van der Waals surface area (Å²) in [6.07, 6.45) is 0. The van der Waals surface area contributed by atoms with Crippen molar-refractivity contribution in [3.8, 4) is 22.3 Å². The Labute approximate surface area is 192 Å². The van der Waals surface area contributed by atoms with Crippen molar-refractivity contribution in [3.05, 3.63) is 119 Å². The highest BCUT2D eigenvalue weighted by molar-refractivity contribution is 5.89. The zero-order valence-corrected chi connectivity index (χ0v) is 19.4. The first-order valence-electron chi connectivity index (χ1n) is 11.9. The standard InChI is InChI=1S/C32H30/c1-21(2)31(27-17-9-5-13-23(27)24-14-6-10-18-28(24)31)32(22(3)4)29-19-11-7-15-25(29)26-16-8-12-20-30(26)32/h5-22H,1-4H3. The van der Waals surface area contributed by atoms with E-state index in [2.05, 4.69) is 125 Å². The maximum atomic E-state index is 2.44. The first-order valence-corrected chi connectivity index (χ1v) is 11.9. The molecule has 0 saturated carbocycles. The van der Waals surface area contributed by atoms with Crippen LogP contribution in [0.4, 0.5) is 0 Å². The van der Waals surface area contributed by atoms with Gasteiger partial charge >= 0.3 is 0 Å². The van der Waals surface area contributed by atoms with Crippen LogP contribution in [0.2, 0.25) is 0 Å². The minimum Gasteiger partial charge on any atom is -0.0619 e. The summed E-state index contributed by atoms with van der Waals surface area (Å²) in [4.78, 5) is 0. The lowest BCUT2D eigenvalue weighted by atomic mass is 9.47. The van der Waals surface area contributed by atoms with Crippen LogP contribution >= 0.6 is 0 Å². The number of fused-ring (bicyclic) bond motifs is 6. The molecular formula is C32H30. The van der Waals surface area contributed by atoms with E-state index in [0.29, 0.717) is 11.8 Å². The molecule has 0 amide bonds. The van der Waals surface area contributed by atoms with Gasteiger partial charge in [-0.05, 0) is 56.3 Å². The highest BCUT2D eigenvalue weighted by Gasteiger charge is 2.64. The largest absolute Gasteiger partial charge is 0.0619 e. The van der Waals surface area contributed by atoms with Crippen molar-refractivity contribution in [2.45, 2.75) is 38.5 Å². The molecule has 4 aromatic carbocycles. The van der Waals surface area contributed by atoms with Gasteiger partial charge in [0.15, 0.2) is 0 Å². The number of hydrogen-bond acceptors (Lipinski definition) is 0. The minimum absolute atomic E-state index is 0.156. The van der Waals surface area contributed by atoms with Crippen LogP contribution in [0.3, 0.4) is 0 Å². The van der Waals surface area contributed by atoms with E-state index in [0.717, 1.165) is 0 Å². The van der Waals surface area contributed by atoms with Crippen molar-refractivity contribution in [2.75, 3.05) is 0 Å². The maximum absolute atomic E-state index is 2.44. The van der Waals surface area contributed by atoms with Crippen LogP contribution in [0.5, 0.6) is 0 Å². The van der Waals surface area contributed by atoms with Crippen LogP contribution in [0.1, 0.15) is 49.9 Å². The summed E-state index contributed by atoms with van der Waals surface area (Å²) >= 11 is 0. The van der Waals surface area contributed by atoms with Crippen LogP contribution in [-0.2, 0) is 10.8 Å². The smallest absolute Gasteiger partial charge is 0.0378 e. The molecule has 0 spiro atoms. The quantitative estimate of drug-likeness (QED) is 0.317. The predicted octanol–water partition coefficient (Wildman–Crippen LogP) is 8.23. The third-order valence-corrected chi connectivity index (χ3v) is 8.34. The van der Waals surface area contributed by atoms with E-state index in [1.54, 1.807) is 0 Å². The van der Waals surface area contributed by atoms with Gasteiger partial charge in [0.2, 0.25) is 0 Å². The van der Waals surface area contributed by atoms with Gasteiger partial charge in [-0.2, -0.15) is 0 Å². The molecule has 0 aromatic heterocycles. The molecule has 0 aliphatic heterocycles. The van der Waals surface area contributed by atoms with Crippen LogP contribution in [0.15, 0.2) is 97.1 Å². The van der Waals surface area contributed by atoms with E-state index in [4.69, 9.17) is 0 Å². The van der Waals surface area contributed by atoms with Crippen molar-refractivity contribution in [2.24, 2.45) is 11.8 Å². The summed E-state index contributed by atoms with van der Waals surface area (Å²) in [6.45, 7) is 9.75. The zero-order chi connectivity index (χ0) is 22.1. The third-order valence-electron chi connectivity index (χ3n) is 8.34. The Morgan fingerprint density at radius 1 is 0.375 bits per heavy atom. The monoisotopic (exact) mass is 414 g/mol. The second-order valence-electron chi connectivity index (χ2n) is 10.1. The topological polar surface area (TPSA) is 0 Å². The third kappa shape index (κ3) is 2.04. The van der Waals surface area contributed by atoms with Crippen molar-refractivity contribution < 1.29 is 0 Å².